The highest BCUT2D eigenvalue weighted by Crippen LogP contribution is 2.36. The molecular weight excluding hydrogens is 338 g/mol. The average Bonchev–Trinajstić information content (AvgIpc) is 2.73. The fraction of sp³-hybridized carbons (Fsp3) is 0.455. The van der Waals surface area contributed by atoms with E-state index in [2.05, 4.69) is 30.0 Å². The summed E-state index contributed by atoms with van der Waals surface area (Å²) in [6.45, 7) is 4.25. The monoisotopic (exact) mass is 365 g/mol. The van der Waals surface area contributed by atoms with E-state index in [0.29, 0.717) is 19.6 Å². The molecule has 1 aromatic heterocycles. The number of benzene rings is 1. The second kappa shape index (κ2) is 8.41. The molecule has 1 aromatic carbocycles. The van der Waals surface area contributed by atoms with Gasteiger partial charge in [0.1, 0.15) is 11.6 Å². The first-order chi connectivity index (χ1) is 13.1. The van der Waals surface area contributed by atoms with Crippen LogP contribution in [0.15, 0.2) is 47.4 Å². The summed E-state index contributed by atoms with van der Waals surface area (Å²) in [4.78, 5) is 14.8. The quantitative estimate of drug-likeness (QED) is 0.854. The predicted octanol–water partition coefficient (Wildman–Crippen LogP) is 3.05. The lowest BCUT2D eigenvalue weighted by atomic mass is 9.73. The molecule has 5 nitrogen and oxygen atoms in total. The fourth-order valence-corrected chi connectivity index (χ4v) is 3.94. The van der Waals surface area contributed by atoms with Crippen molar-refractivity contribution in [1.29, 1.82) is 5.26 Å². The Morgan fingerprint density at radius 2 is 1.89 bits per heavy atom. The number of rotatable bonds is 6. The molecule has 0 radical (unpaired) electrons. The molecule has 0 saturated carbocycles. The number of hydrogen-bond acceptors (Lipinski definition) is 4. The number of aliphatic hydroxyl groups excluding tert-OH is 1. The number of hydrogen-bond donors (Lipinski definition) is 1. The van der Waals surface area contributed by atoms with Crippen molar-refractivity contribution in [3.63, 3.8) is 0 Å². The SMILES string of the molecule is CCCCn1ccc(N2CCC(CO)(c3ccccc3)CC2)c(C#N)c1=O. The number of piperidine rings is 1. The second-order valence-corrected chi connectivity index (χ2v) is 7.33. The number of aryl methyl sites for hydroxylation is 1. The Labute approximate surface area is 160 Å². The molecule has 27 heavy (non-hydrogen) atoms. The van der Waals surface area contributed by atoms with E-state index in [0.717, 1.165) is 36.9 Å². The summed E-state index contributed by atoms with van der Waals surface area (Å²) in [6.07, 6.45) is 5.31. The molecule has 2 heterocycles. The highest BCUT2D eigenvalue weighted by molar-refractivity contribution is 5.58. The van der Waals surface area contributed by atoms with Crippen LogP contribution in [0.2, 0.25) is 0 Å². The lowest BCUT2D eigenvalue weighted by Gasteiger charge is -2.42. The highest BCUT2D eigenvalue weighted by atomic mass is 16.3. The number of unbranched alkanes of at least 4 members (excludes halogenated alkanes) is 1. The topological polar surface area (TPSA) is 69.3 Å². The molecule has 5 heteroatoms. The van der Waals surface area contributed by atoms with Gasteiger partial charge in [0, 0.05) is 31.2 Å². The molecular formula is C22H27N3O2. The van der Waals surface area contributed by atoms with E-state index in [4.69, 9.17) is 0 Å². The zero-order chi connectivity index (χ0) is 19.3. The molecule has 1 aliphatic heterocycles. The van der Waals surface area contributed by atoms with E-state index in [9.17, 15) is 15.2 Å². The summed E-state index contributed by atoms with van der Waals surface area (Å²) >= 11 is 0. The number of pyridine rings is 1. The summed E-state index contributed by atoms with van der Waals surface area (Å²) in [5, 5.41) is 19.7. The minimum atomic E-state index is -0.249. The van der Waals surface area contributed by atoms with E-state index in [1.807, 2.05) is 24.3 Å². The van der Waals surface area contributed by atoms with Crippen molar-refractivity contribution in [3.05, 3.63) is 64.1 Å². The van der Waals surface area contributed by atoms with Crippen LogP contribution in [0.3, 0.4) is 0 Å². The van der Waals surface area contributed by atoms with Gasteiger partial charge in [0.15, 0.2) is 0 Å². The van der Waals surface area contributed by atoms with Gasteiger partial charge in [-0.3, -0.25) is 4.79 Å². The maximum atomic E-state index is 12.6. The minimum Gasteiger partial charge on any atom is -0.395 e. The molecule has 1 fully saturated rings. The van der Waals surface area contributed by atoms with Gasteiger partial charge in [-0.15, -0.1) is 0 Å². The smallest absolute Gasteiger partial charge is 0.270 e. The van der Waals surface area contributed by atoms with E-state index in [1.54, 1.807) is 10.8 Å². The average molecular weight is 365 g/mol. The van der Waals surface area contributed by atoms with Crippen molar-refractivity contribution < 1.29 is 5.11 Å². The van der Waals surface area contributed by atoms with Gasteiger partial charge in [-0.05, 0) is 30.9 Å². The van der Waals surface area contributed by atoms with Gasteiger partial charge in [-0.25, -0.2) is 0 Å². The maximum absolute atomic E-state index is 12.6. The third-order valence-corrected chi connectivity index (χ3v) is 5.76. The maximum Gasteiger partial charge on any atom is 0.270 e. The van der Waals surface area contributed by atoms with E-state index in [1.165, 1.54) is 0 Å². The van der Waals surface area contributed by atoms with Gasteiger partial charge in [-0.1, -0.05) is 43.7 Å². The van der Waals surface area contributed by atoms with Gasteiger partial charge in [-0.2, -0.15) is 5.26 Å². The highest BCUT2D eigenvalue weighted by Gasteiger charge is 2.36. The third kappa shape index (κ3) is 3.77. The number of aromatic nitrogens is 1. The molecule has 2 aromatic rings. The zero-order valence-electron chi connectivity index (χ0n) is 15.9. The van der Waals surface area contributed by atoms with Crippen LogP contribution in [-0.2, 0) is 12.0 Å². The normalized spacial score (nSPS) is 16.1. The molecule has 0 aliphatic carbocycles. The summed E-state index contributed by atoms with van der Waals surface area (Å²) in [5.41, 5.74) is 1.65. The first-order valence-electron chi connectivity index (χ1n) is 9.70. The first-order valence-corrected chi connectivity index (χ1v) is 9.70. The van der Waals surface area contributed by atoms with Crippen LogP contribution in [0.1, 0.15) is 43.7 Å². The van der Waals surface area contributed by atoms with Crippen molar-refractivity contribution in [2.75, 3.05) is 24.6 Å². The Morgan fingerprint density at radius 1 is 1.19 bits per heavy atom. The van der Waals surface area contributed by atoms with Gasteiger partial charge >= 0.3 is 0 Å². The third-order valence-electron chi connectivity index (χ3n) is 5.76. The molecule has 1 aliphatic rings. The number of aliphatic hydroxyl groups is 1. The predicted molar refractivity (Wildman–Crippen MR) is 107 cm³/mol. The Balaban J connectivity index is 1.83. The molecule has 0 amide bonds. The van der Waals surface area contributed by atoms with E-state index >= 15 is 0 Å². The first kappa shape index (κ1) is 19.2. The molecule has 0 atom stereocenters. The van der Waals surface area contributed by atoms with Crippen LogP contribution in [0, 0.1) is 11.3 Å². The Kier molecular flexibility index (Phi) is 5.98. The summed E-state index contributed by atoms with van der Waals surface area (Å²) < 4.78 is 1.64. The molecule has 142 valence electrons. The molecule has 1 N–H and O–H groups in total. The number of nitriles is 1. The lowest BCUT2D eigenvalue weighted by molar-refractivity contribution is 0.165. The summed E-state index contributed by atoms with van der Waals surface area (Å²) in [5.74, 6) is 0. The molecule has 0 spiro atoms. The Hall–Kier alpha value is -2.58. The van der Waals surface area contributed by atoms with Crippen molar-refractivity contribution in [3.8, 4) is 6.07 Å². The Bertz CT molecular complexity index is 859. The van der Waals surface area contributed by atoms with Gasteiger partial charge in [0.25, 0.3) is 5.56 Å². The van der Waals surface area contributed by atoms with Crippen LogP contribution < -0.4 is 10.5 Å². The summed E-state index contributed by atoms with van der Waals surface area (Å²) in [7, 11) is 0. The van der Waals surface area contributed by atoms with Gasteiger partial charge in [0.2, 0.25) is 0 Å². The van der Waals surface area contributed by atoms with Crippen molar-refractivity contribution >= 4 is 5.69 Å². The van der Waals surface area contributed by atoms with Gasteiger partial charge in [0.05, 0.1) is 12.3 Å². The zero-order valence-corrected chi connectivity index (χ0v) is 15.9. The molecule has 1 saturated heterocycles. The van der Waals surface area contributed by atoms with E-state index in [-0.39, 0.29) is 23.1 Å². The second-order valence-electron chi connectivity index (χ2n) is 7.33. The van der Waals surface area contributed by atoms with Crippen molar-refractivity contribution in [1.82, 2.24) is 4.57 Å². The van der Waals surface area contributed by atoms with E-state index < -0.39 is 0 Å². The lowest BCUT2D eigenvalue weighted by Crippen LogP contribution is -2.45. The van der Waals surface area contributed by atoms with Crippen LogP contribution >= 0.6 is 0 Å². The van der Waals surface area contributed by atoms with Crippen LogP contribution in [-0.4, -0.2) is 29.4 Å². The van der Waals surface area contributed by atoms with Crippen LogP contribution in [0.25, 0.3) is 0 Å². The number of nitrogens with zero attached hydrogens (tertiary/aromatic N) is 3. The Morgan fingerprint density at radius 3 is 2.48 bits per heavy atom. The summed E-state index contributed by atoms with van der Waals surface area (Å²) in [6, 6.07) is 14.1. The molecule has 0 bridgehead atoms. The van der Waals surface area contributed by atoms with Crippen LogP contribution in [0.5, 0.6) is 0 Å². The largest absolute Gasteiger partial charge is 0.395 e. The van der Waals surface area contributed by atoms with Crippen molar-refractivity contribution in [2.45, 2.75) is 44.6 Å². The van der Waals surface area contributed by atoms with Crippen molar-refractivity contribution in [2.24, 2.45) is 0 Å². The molecule has 3 rings (SSSR count). The molecule has 0 unspecified atom stereocenters. The fourth-order valence-electron chi connectivity index (χ4n) is 3.94. The van der Waals surface area contributed by atoms with Gasteiger partial charge < -0.3 is 14.6 Å². The minimum absolute atomic E-state index is 0.106. The standard InChI is InChI=1S/C22H27N3O2/c1-2-3-12-25-13-9-20(19(16-23)21(25)27)24-14-10-22(17-26,11-15-24)18-7-5-4-6-8-18/h4-9,13,26H,2-3,10-12,14-15,17H2,1H3. The van der Waals surface area contributed by atoms with Crippen LogP contribution in [0.4, 0.5) is 5.69 Å². The number of anilines is 1.